The number of Topliss-reactive ketones (excluding diaryl/α,β-unsaturated/α-hetero) is 1. The Kier molecular flexibility index (Phi) is 5.66. The van der Waals surface area contributed by atoms with Crippen LogP contribution in [0.3, 0.4) is 0 Å². The van der Waals surface area contributed by atoms with E-state index in [0.717, 1.165) is 24.3 Å². The monoisotopic (exact) mass is 290 g/mol. The zero-order chi connectivity index (χ0) is 15.2. The molecule has 0 N–H and O–H groups in total. The van der Waals surface area contributed by atoms with Crippen LogP contribution in [0.5, 0.6) is 11.5 Å². The molecule has 0 radical (unpaired) electrons. The van der Waals surface area contributed by atoms with Gasteiger partial charge in [-0.05, 0) is 49.3 Å². The van der Waals surface area contributed by atoms with E-state index in [1.165, 1.54) is 19.3 Å². The molecule has 1 aliphatic carbocycles. The maximum Gasteiger partial charge on any atom is 0.161 e. The second-order valence-electron chi connectivity index (χ2n) is 5.96. The van der Waals surface area contributed by atoms with Crippen LogP contribution in [-0.2, 0) is 11.2 Å². The first-order valence-electron chi connectivity index (χ1n) is 7.91. The second-order valence-corrected chi connectivity index (χ2v) is 5.96. The molecule has 0 aromatic heterocycles. The van der Waals surface area contributed by atoms with Crippen LogP contribution >= 0.6 is 0 Å². The number of carbonyl (C=O) groups is 1. The van der Waals surface area contributed by atoms with E-state index in [4.69, 9.17) is 9.47 Å². The van der Waals surface area contributed by atoms with Gasteiger partial charge in [0, 0.05) is 12.3 Å². The largest absolute Gasteiger partial charge is 0.493 e. The Morgan fingerprint density at radius 3 is 2.33 bits per heavy atom. The summed E-state index contributed by atoms with van der Waals surface area (Å²) in [6.45, 7) is 2.25. The summed E-state index contributed by atoms with van der Waals surface area (Å²) in [7, 11) is 3.24. The predicted molar refractivity (Wildman–Crippen MR) is 84.0 cm³/mol. The van der Waals surface area contributed by atoms with E-state index in [1.807, 2.05) is 18.2 Å². The maximum absolute atomic E-state index is 12.4. The summed E-state index contributed by atoms with van der Waals surface area (Å²) in [4.78, 5) is 12.4. The summed E-state index contributed by atoms with van der Waals surface area (Å²) in [5.74, 6) is 2.85. The summed E-state index contributed by atoms with van der Waals surface area (Å²) in [6, 6.07) is 5.74. The third-order valence-corrected chi connectivity index (χ3v) is 4.71. The van der Waals surface area contributed by atoms with Gasteiger partial charge in [-0.3, -0.25) is 4.79 Å². The first-order chi connectivity index (χ1) is 10.2. The Bertz CT molecular complexity index is 473. The van der Waals surface area contributed by atoms with Crippen molar-refractivity contribution in [2.45, 2.75) is 45.4 Å². The highest BCUT2D eigenvalue weighted by Crippen LogP contribution is 2.32. The lowest BCUT2D eigenvalue weighted by Crippen LogP contribution is -2.23. The van der Waals surface area contributed by atoms with E-state index in [0.29, 0.717) is 23.7 Å². The minimum atomic E-state index is 0.251. The molecule has 0 atom stereocenters. The molecular weight excluding hydrogens is 264 g/mol. The van der Waals surface area contributed by atoms with Crippen molar-refractivity contribution < 1.29 is 14.3 Å². The molecule has 0 unspecified atom stereocenters. The smallest absolute Gasteiger partial charge is 0.161 e. The van der Waals surface area contributed by atoms with Crippen LogP contribution in [0, 0.1) is 11.8 Å². The molecule has 1 aromatic carbocycles. The third-order valence-electron chi connectivity index (χ3n) is 4.71. The highest BCUT2D eigenvalue weighted by Gasteiger charge is 2.25. The molecule has 3 heteroatoms. The van der Waals surface area contributed by atoms with Crippen molar-refractivity contribution in [3.05, 3.63) is 23.8 Å². The molecule has 1 saturated carbocycles. The van der Waals surface area contributed by atoms with E-state index in [1.54, 1.807) is 14.2 Å². The fraction of sp³-hybridized carbons (Fsp3) is 0.611. The van der Waals surface area contributed by atoms with Gasteiger partial charge in [0.15, 0.2) is 11.5 Å². The molecule has 0 bridgehead atoms. The number of carbonyl (C=O) groups excluding carboxylic acids is 1. The van der Waals surface area contributed by atoms with Crippen molar-refractivity contribution in [1.82, 2.24) is 0 Å². The van der Waals surface area contributed by atoms with Crippen molar-refractivity contribution >= 4 is 5.78 Å². The minimum absolute atomic E-state index is 0.251. The number of methoxy groups -OCH3 is 2. The lowest BCUT2D eigenvalue weighted by molar-refractivity contribution is -0.123. The van der Waals surface area contributed by atoms with Crippen LogP contribution in [0.4, 0.5) is 0 Å². The molecule has 1 aliphatic rings. The zero-order valence-corrected chi connectivity index (χ0v) is 13.4. The van der Waals surface area contributed by atoms with Crippen molar-refractivity contribution in [1.29, 1.82) is 0 Å². The van der Waals surface area contributed by atoms with Gasteiger partial charge in [0.1, 0.15) is 5.78 Å². The minimum Gasteiger partial charge on any atom is -0.493 e. The van der Waals surface area contributed by atoms with E-state index in [2.05, 4.69) is 6.92 Å². The zero-order valence-electron chi connectivity index (χ0n) is 13.4. The van der Waals surface area contributed by atoms with Gasteiger partial charge in [0.05, 0.1) is 14.2 Å². The molecule has 116 valence electrons. The Morgan fingerprint density at radius 1 is 1.10 bits per heavy atom. The highest BCUT2D eigenvalue weighted by molar-refractivity contribution is 5.83. The molecule has 0 aliphatic heterocycles. The van der Waals surface area contributed by atoms with Gasteiger partial charge in [0.2, 0.25) is 0 Å². The third kappa shape index (κ3) is 3.99. The molecule has 2 rings (SSSR count). The van der Waals surface area contributed by atoms with Crippen LogP contribution in [0.15, 0.2) is 18.2 Å². The number of hydrogen-bond acceptors (Lipinski definition) is 3. The Morgan fingerprint density at radius 2 is 1.76 bits per heavy atom. The summed E-state index contributed by atoms with van der Waals surface area (Å²) in [5.41, 5.74) is 1.01. The van der Waals surface area contributed by atoms with Crippen LogP contribution in [-0.4, -0.2) is 20.0 Å². The molecule has 0 spiro atoms. The van der Waals surface area contributed by atoms with Crippen molar-refractivity contribution in [2.75, 3.05) is 14.2 Å². The topological polar surface area (TPSA) is 35.5 Å². The highest BCUT2D eigenvalue weighted by atomic mass is 16.5. The second kappa shape index (κ2) is 7.48. The number of benzene rings is 1. The maximum atomic E-state index is 12.4. The molecule has 0 saturated heterocycles. The summed E-state index contributed by atoms with van der Waals surface area (Å²) >= 11 is 0. The Labute approximate surface area is 127 Å². The standard InChI is InChI=1S/C18H26O3/c1-4-13-5-8-15(9-6-13)16(19)11-14-7-10-17(20-2)18(12-14)21-3/h7,10,12-13,15H,4-6,8-9,11H2,1-3H3. The number of hydrogen-bond donors (Lipinski definition) is 0. The average molecular weight is 290 g/mol. The SMILES string of the molecule is CCC1CCC(C(=O)Cc2ccc(OC)c(OC)c2)CC1. The van der Waals surface area contributed by atoms with E-state index in [-0.39, 0.29) is 5.92 Å². The van der Waals surface area contributed by atoms with Gasteiger partial charge in [-0.25, -0.2) is 0 Å². The van der Waals surface area contributed by atoms with Crippen LogP contribution < -0.4 is 9.47 Å². The van der Waals surface area contributed by atoms with Crippen molar-refractivity contribution in [3.8, 4) is 11.5 Å². The Hall–Kier alpha value is -1.51. The van der Waals surface area contributed by atoms with Gasteiger partial charge in [-0.1, -0.05) is 19.4 Å². The van der Waals surface area contributed by atoms with E-state index in [9.17, 15) is 4.79 Å². The van der Waals surface area contributed by atoms with Gasteiger partial charge >= 0.3 is 0 Å². The Balaban J connectivity index is 1.96. The molecule has 1 aromatic rings. The molecular formula is C18H26O3. The van der Waals surface area contributed by atoms with Gasteiger partial charge in [-0.2, -0.15) is 0 Å². The lowest BCUT2D eigenvalue weighted by Gasteiger charge is -2.26. The molecule has 21 heavy (non-hydrogen) atoms. The first kappa shape index (κ1) is 15.9. The fourth-order valence-corrected chi connectivity index (χ4v) is 3.23. The van der Waals surface area contributed by atoms with Crippen LogP contribution in [0.25, 0.3) is 0 Å². The summed E-state index contributed by atoms with van der Waals surface area (Å²) < 4.78 is 10.5. The molecule has 0 heterocycles. The van der Waals surface area contributed by atoms with Gasteiger partial charge < -0.3 is 9.47 Å². The van der Waals surface area contributed by atoms with E-state index >= 15 is 0 Å². The number of rotatable bonds is 6. The van der Waals surface area contributed by atoms with Gasteiger partial charge in [0.25, 0.3) is 0 Å². The quantitative estimate of drug-likeness (QED) is 0.793. The van der Waals surface area contributed by atoms with Gasteiger partial charge in [-0.15, -0.1) is 0 Å². The van der Waals surface area contributed by atoms with Crippen LogP contribution in [0.1, 0.15) is 44.6 Å². The van der Waals surface area contributed by atoms with E-state index < -0.39 is 0 Å². The molecule has 0 amide bonds. The number of ether oxygens (including phenoxy) is 2. The average Bonchev–Trinajstić information content (AvgIpc) is 2.54. The van der Waals surface area contributed by atoms with Crippen LogP contribution in [0.2, 0.25) is 0 Å². The lowest BCUT2D eigenvalue weighted by atomic mass is 9.78. The normalized spacial score (nSPS) is 21.9. The van der Waals surface area contributed by atoms with Crippen molar-refractivity contribution in [3.63, 3.8) is 0 Å². The summed E-state index contributed by atoms with van der Waals surface area (Å²) in [5, 5.41) is 0. The van der Waals surface area contributed by atoms with Crippen molar-refractivity contribution in [2.24, 2.45) is 11.8 Å². The fourth-order valence-electron chi connectivity index (χ4n) is 3.23. The first-order valence-corrected chi connectivity index (χ1v) is 7.91. The number of ketones is 1. The molecule has 1 fully saturated rings. The summed E-state index contributed by atoms with van der Waals surface area (Å²) in [6.07, 6.45) is 6.28. The predicted octanol–water partition coefficient (Wildman–Crippen LogP) is 4.03. The molecule has 3 nitrogen and oxygen atoms in total.